The maximum Gasteiger partial charge on any atom is 0.315 e. The van der Waals surface area contributed by atoms with E-state index in [0.717, 1.165) is 4.68 Å². The zero-order chi connectivity index (χ0) is 31.5. The quantitative estimate of drug-likeness (QED) is 0.109. The van der Waals surface area contributed by atoms with Crippen LogP contribution in [0.5, 0.6) is 17.2 Å². The highest BCUT2D eigenvalue weighted by molar-refractivity contribution is 5.89. The highest BCUT2D eigenvalue weighted by Gasteiger charge is 2.23. The smallest absolute Gasteiger partial charge is 0.315 e. The van der Waals surface area contributed by atoms with Crippen molar-refractivity contribution in [3.05, 3.63) is 122 Å². The van der Waals surface area contributed by atoms with Crippen molar-refractivity contribution >= 4 is 33.8 Å². The van der Waals surface area contributed by atoms with Crippen LogP contribution in [0.4, 0.5) is 5.69 Å². The topological polar surface area (TPSA) is 155 Å². The maximum atomic E-state index is 13.7. The number of nitriles is 1. The van der Waals surface area contributed by atoms with Gasteiger partial charge in [-0.25, -0.2) is 4.98 Å². The lowest BCUT2D eigenvalue weighted by Gasteiger charge is -2.13. The van der Waals surface area contributed by atoms with Crippen LogP contribution < -0.4 is 19.8 Å². The molecule has 0 N–H and O–H groups in total. The second-order valence-electron chi connectivity index (χ2n) is 9.68. The van der Waals surface area contributed by atoms with E-state index >= 15 is 0 Å². The molecule has 0 saturated heterocycles. The number of para-hydroxylation sites is 1. The molecule has 12 nitrogen and oxygen atoms in total. The van der Waals surface area contributed by atoms with Crippen molar-refractivity contribution in [1.82, 2.24) is 9.66 Å². The number of aromatic nitrogens is 2. The number of fused-ring (bicyclic) bond motifs is 2. The molecule has 222 valence electrons. The number of ether oxygens (including phenoxy) is 3. The average molecular weight is 602 g/mol. The van der Waals surface area contributed by atoms with Crippen LogP contribution in [0.2, 0.25) is 0 Å². The van der Waals surface area contributed by atoms with E-state index in [9.17, 15) is 20.2 Å². The summed E-state index contributed by atoms with van der Waals surface area (Å²) < 4.78 is 23.8. The van der Waals surface area contributed by atoms with E-state index < -0.39 is 10.5 Å². The molecule has 0 aliphatic heterocycles. The van der Waals surface area contributed by atoms with Crippen molar-refractivity contribution in [2.24, 2.45) is 5.10 Å². The molecule has 12 heteroatoms. The third kappa shape index (κ3) is 5.41. The molecule has 0 unspecified atom stereocenters. The molecule has 2 aromatic heterocycles. The minimum atomic E-state index is -0.609. The van der Waals surface area contributed by atoms with E-state index in [-0.39, 0.29) is 40.9 Å². The van der Waals surface area contributed by atoms with Crippen molar-refractivity contribution in [1.29, 1.82) is 5.26 Å². The van der Waals surface area contributed by atoms with Gasteiger partial charge in [-0.1, -0.05) is 36.4 Å². The van der Waals surface area contributed by atoms with Gasteiger partial charge in [-0.15, -0.1) is 0 Å². The summed E-state index contributed by atoms with van der Waals surface area (Å²) in [7, 11) is 2.90. The van der Waals surface area contributed by atoms with Crippen molar-refractivity contribution in [3.8, 4) is 34.9 Å². The molecule has 45 heavy (non-hydrogen) atoms. The molecule has 6 rings (SSSR count). The third-order valence-corrected chi connectivity index (χ3v) is 7.02. The van der Waals surface area contributed by atoms with E-state index in [1.165, 1.54) is 25.5 Å². The Morgan fingerprint density at radius 3 is 2.56 bits per heavy atom. The molecule has 0 saturated carbocycles. The fraction of sp³-hybridized carbons (Fsp3) is 0.0909. The van der Waals surface area contributed by atoms with E-state index in [2.05, 4.69) is 16.2 Å². The summed E-state index contributed by atoms with van der Waals surface area (Å²) in [6, 6.07) is 25.5. The average Bonchev–Trinajstić information content (AvgIpc) is 3.51. The summed E-state index contributed by atoms with van der Waals surface area (Å²) >= 11 is 0. The Kier molecular flexibility index (Phi) is 7.65. The van der Waals surface area contributed by atoms with Crippen LogP contribution in [0.25, 0.3) is 33.5 Å². The van der Waals surface area contributed by atoms with Gasteiger partial charge in [-0.2, -0.15) is 15.0 Å². The predicted molar refractivity (Wildman–Crippen MR) is 166 cm³/mol. The SMILES string of the molecule is COc1cc(C=Nn2c(-c3cc4c(OC)cccc4o3)nc3ccccc3c2=O)cc([N+](=O)[O-])c1OCc1ccccc1C#N. The van der Waals surface area contributed by atoms with Gasteiger partial charge in [0.25, 0.3) is 5.56 Å². The van der Waals surface area contributed by atoms with Crippen LogP contribution in [-0.2, 0) is 6.61 Å². The Morgan fingerprint density at radius 1 is 1.00 bits per heavy atom. The molecule has 2 heterocycles. The molecule has 6 aromatic rings. The number of nitro groups is 1. The fourth-order valence-electron chi connectivity index (χ4n) is 4.86. The largest absolute Gasteiger partial charge is 0.496 e. The summed E-state index contributed by atoms with van der Waals surface area (Å²) in [6.07, 6.45) is 1.29. The summed E-state index contributed by atoms with van der Waals surface area (Å²) in [5.41, 5.74) is 1.29. The second-order valence-corrected chi connectivity index (χ2v) is 9.68. The van der Waals surface area contributed by atoms with Gasteiger partial charge >= 0.3 is 5.69 Å². The number of hydrogen-bond donors (Lipinski definition) is 0. The monoisotopic (exact) mass is 601 g/mol. The number of rotatable bonds is 9. The van der Waals surface area contributed by atoms with Crippen molar-refractivity contribution in [3.63, 3.8) is 0 Å². The summed E-state index contributed by atoms with van der Waals surface area (Å²) in [5.74, 6) is 0.909. The van der Waals surface area contributed by atoms with Crippen molar-refractivity contribution < 1.29 is 23.6 Å². The molecule has 0 amide bonds. The number of nitro benzene ring substituents is 1. The van der Waals surface area contributed by atoms with Crippen molar-refractivity contribution in [2.75, 3.05) is 14.2 Å². The molecule has 0 atom stereocenters. The van der Waals surface area contributed by atoms with E-state index in [1.54, 1.807) is 79.9 Å². The molecule has 0 bridgehead atoms. The van der Waals surface area contributed by atoms with Crippen LogP contribution in [0.1, 0.15) is 16.7 Å². The van der Waals surface area contributed by atoms with Crippen LogP contribution in [-0.4, -0.2) is 35.0 Å². The molecule has 0 aliphatic rings. The standard InChI is InChI=1S/C33H23N5O7/c1-42-27-12-7-13-28-24(27)16-30(45-28)32-36-25-11-6-5-10-23(25)33(39)37(32)35-18-20-14-26(38(40)41)31(29(15-20)43-2)44-19-22-9-4-3-8-21(22)17-34/h3-16,18H,19H2,1-2H3. The molecular formula is C33H23N5O7. The van der Waals surface area contributed by atoms with Gasteiger partial charge in [0.2, 0.25) is 11.6 Å². The van der Waals surface area contributed by atoms with E-state index in [4.69, 9.17) is 18.6 Å². The molecule has 0 radical (unpaired) electrons. The molecule has 4 aromatic carbocycles. The Balaban J connectivity index is 1.45. The Labute approximate surface area is 255 Å². The molecule has 0 aliphatic carbocycles. The predicted octanol–water partition coefficient (Wildman–Crippen LogP) is 6.07. The number of methoxy groups -OCH3 is 2. The second kappa shape index (κ2) is 12.0. The summed E-state index contributed by atoms with van der Waals surface area (Å²) in [5, 5.41) is 26.9. The highest BCUT2D eigenvalue weighted by Crippen LogP contribution is 2.39. The fourth-order valence-corrected chi connectivity index (χ4v) is 4.86. The van der Waals surface area contributed by atoms with E-state index in [0.29, 0.717) is 38.7 Å². The lowest BCUT2D eigenvalue weighted by molar-refractivity contribution is -0.386. The van der Waals surface area contributed by atoms with Crippen LogP contribution in [0.3, 0.4) is 0 Å². The normalized spacial score (nSPS) is 11.1. The summed E-state index contributed by atoms with van der Waals surface area (Å²) in [4.78, 5) is 29.8. The molecule has 0 spiro atoms. The first-order valence-electron chi connectivity index (χ1n) is 13.5. The molecular weight excluding hydrogens is 578 g/mol. The first-order valence-corrected chi connectivity index (χ1v) is 13.5. The number of hydrogen-bond acceptors (Lipinski definition) is 10. The van der Waals surface area contributed by atoms with Crippen molar-refractivity contribution in [2.45, 2.75) is 6.61 Å². The molecule has 0 fully saturated rings. The lowest BCUT2D eigenvalue weighted by Crippen LogP contribution is -2.20. The minimum Gasteiger partial charge on any atom is -0.496 e. The lowest BCUT2D eigenvalue weighted by atomic mass is 10.1. The highest BCUT2D eigenvalue weighted by atomic mass is 16.6. The van der Waals surface area contributed by atoms with Gasteiger partial charge in [0.05, 0.1) is 53.3 Å². The van der Waals surface area contributed by atoms with Crippen LogP contribution in [0, 0.1) is 21.4 Å². The van der Waals surface area contributed by atoms with Gasteiger partial charge in [-0.05, 0) is 42.5 Å². The number of furan rings is 1. The van der Waals surface area contributed by atoms with Gasteiger partial charge in [0.15, 0.2) is 11.5 Å². The third-order valence-electron chi connectivity index (χ3n) is 7.02. The zero-order valence-electron chi connectivity index (χ0n) is 24.0. The Bertz CT molecular complexity index is 2230. The Hall–Kier alpha value is -6.48. The maximum absolute atomic E-state index is 13.7. The van der Waals surface area contributed by atoms with Crippen LogP contribution >= 0.6 is 0 Å². The minimum absolute atomic E-state index is 0.0636. The van der Waals surface area contributed by atoms with Gasteiger partial charge in [0, 0.05) is 17.2 Å². The zero-order valence-corrected chi connectivity index (χ0v) is 24.0. The van der Waals surface area contributed by atoms with E-state index in [1.807, 2.05) is 0 Å². The first-order chi connectivity index (χ1) is 21.9. The Morgan fingerprint density at radius 2 is 1.78 bits per heavy atom. The van der Waals surface area contributed by atoms with Crippen LogP contribution in [0.15, 0.2) is 99.2 Å². The number of benzene rings is 4. The van der Waals surface area contributed by atoms with Gasteiger partial charge < -0.3 is 18.6 Å². The summed E-state index contributed by atoms with van der Waals surface area (Å²) in [6.45, 7) is -0.0990. The number of nitrogens with zero attached hydrogens (tertiary/aromatic N) is 5. The van der Waals surface area contributed by atoms with Gasteiger partial charge in [0.1, 0.15) is 17.9 Å². The first kappa shape index (κ1) is 28.6. The van der Waals surface area contributed by atoms with Gasteiger partial charge in [-0.3, -0.25) is 14.9 Å².